The minimum absolute atomic E-state index is 0. The molecule has 36 heavy (non-hydrogen) atoms. The summed E-state index contributed by atoms with van der Waals surface area (Å²) in [4.78, 5) is 9.06. The maximum Gasteiger partial charge on any atom is 2.00 e. The largest absolute Gasteiger partial charge is 2.00 e. The van der Waals surface area contributed by atoms with Crippen LogP contribution < -0.4 is 4.74 Å². The Morgan fingerprint density at radius 3 is 2.36 bits per heavy atom. The summed E-state index contributed by atoms with van der Waals surface area (Å²) in [6.45, 7) is 4.27. The molecule has 0 atom stereocenters. The molecule has 3 aromatic carbocycles. The van der Waals surface area contributed by atoms with E-state index in [0.717, 1.165) is 38.9 Å². The van der Waals surface area contributed by atoms with Crippen LogP contribution in [0.2, 0.25) is 0 Å². The monoisotopic (exact) mass is 648 g/mol. The predicted octanol–water partition coefficient (Wildman–Crippen LogP) is 7.75. The molecule has 6 aromatic rings. The molecule has 0 aliphatic carbocycles. The summed E-state index contributed by atoms with van der Waals surface area (Å²) >= 11 is 0. The second-order valence-electron chi connectivity index (χ2n) is 8.76. The fraction of sp³-hybridized carbons (Fsp3) is 0.0968. The summed E-state index contributed by atoms with van der Waals surface area (Å²) < 4.78 is 8.33. The fourth-order valence-electron chi connectivity index (χ4n) is 4.47. The molecule has 0 aliphatic heterocycles. The van der Waals surface area contributed by atoms with Crippen LogP contribution in [0.4, 0.5) is 0 Å². The van der Waals surface area contributed by atoms with Gasteiger partial charge in [0.15, 0.2) is 0 Å². The number of hydrogen-bond donors (Lipinski definition) is 0. The van der Waals surface area contributed by atoms with Crippen molar-refractivity contribution in [2.24, 2.45) is 0 Å². The molecule has 0 aliphatic rings. The zero-order chi connectivity index (χ0) is 23.8. The number of fused-ring (bicyclic) bond motifs is 3. The van der Waals surface area contributed by atoms with Crippen molar-refractivity contribution in [2.45, 2.75) is 19.8 Å². The second-order valence-corrected chi connectivity index (χ2v) is 8.76. The Bertz CT molecular complexity index is 1660. The Hall–Kier alpha value is -3.75. The first-order valence-electron chi connectivity index (χ1n) is 11.7. The quantitative estimate of drug-likeness (QED) is 0.180. The topological polar surface area (TPSA) is 39.9 Å². The third-order valence-corrected chi connectivity index (χ3v) is 6.15. The number of para-hydroxylation sites is 1. The van der Waals surface area contributed by atoms with Gasteiger partial charge < -0.3 is 9.30 Å². The van der Waals surface area contributed by atoms with Gasteiger partial charge in [-0.25, -0.2) is 21.1 Å². The Morgan fingerprint density at radius 2 is 1.53 bits per heavy atom. The van der Waals surface area contributed by atoms with Crippen LogP contribution >= 0.6 is 0 Å². The third kappa shape index (κ3) is 4.34. The summed E-state index contributed by atoms with van der Waals surface area (Å²) in [5, 5.41) is 2.31. The van der Waals surface area contributed by atoms with E-state index in [1.165, 1.54) is 5.39 Å². The molecule has 5 heteroatoms. The van der Waals surface area contributed by atoms with Crippen LogP contribution in [0.1, 0.15) is 25.3 Å². The van der Waals surface area contributed by atoms with E-state index in [-0.39, 0.29) is 21.1 Å². The van der Waals surface area contributed by atoms with Crippen molar-refractivity contribution < 1.29 is 25.8 Å². The van der Waals surface area contributed by atoms with Crippen molar-refractivity contribution in [3.63, 3.8) is 0 Å². The van der Waals surface area contributed by atoms with E-state index in [2.05, 4.69) is 83.0 Å². The summed E-state index contributed by atoms with van der Waals surface area (Å²) in [6.07, 6.45) is 3.57. The normalized spacial score (nSPS) is 11.1. The standard InChI is InChI=1S/C31H23N3O.Pt/c1-21(2)25-12-8-18-33-31(25)35-24-10-7-9-22(19-24)23-15-16-27-26-11-3-4-13-28(26)34(29(27)20-23)30-14-5-6-17-32-30;/h3-18,21H,1-2H3;/q-2;+2. The van der Waals surface area contributed by atoms with Gasteiger partial charge in [0, 0.05) is 29.2 Å². The van der Waals surface area contributed by atoms with Gasteiger partial charge in [-0.15, -0.1) is 18.2 Å². The van der Waals surface area contributed by atoms with Crippen LogP contribution in [-0.2, 0) is 21.1 Å². The molecule has 3 aromatic heterocycles. The number of ether oxygens (including phenoxy) is 1. The summed E-state index contributed by atoms with van der Waals surface area (Å²) in [7, 11) is 0. The van der Waals surface area contributed by atoms with E-state index in [1.807, 2.05) is 48.7 Å². The molecule has 0 amide bonds. The van der Waals surface area contributed by atoms with Gasteiger partial charge >= 0.3 is 21.1 Å². The van der Waals surface area contributed by atoms with Gasteiger partial charge in [-0.05, 0) is 41.1 Å². The summed E-state index contributed by atoms with van der Waals surface area (Å²) in [5.41, 5.74) is 5.00. The average molecular weight is 649 g/mol. The zero-order valence-electron chi connectivity index (χ0n) is 19.9. The number of pyridine rings is 2. The van der Waals surface area contributed by atoms with Crippen molar-refractivity contribution in [1.29, 1.82) is 0 Å². The molecule has 0 bridgehead atoms. The van der Waals surface area contributed by atoms with Crippen LogP contribution in [0.15, 0.2) is 97.3 Å². The van der Waals surface area contributed by atoms with Crippen molar-refractivity contribution in [3.05, 3.63) is 115 Å². The van der Waals surface area contributed by atoms with Gasteiger partial charge in [0.25, 0.3) is 0 Å². The summed E-state index contributed by atoms with van der Waals surface area (Å²) in [5.74, 6) is 2.42. The number of rotatable bonds is 5. The Labute approximate surface area is 224 Å². The van der Waals surface area contributed by atoms with E-state index in [0.29, 0.717) is 17.5 Å². The van der Waals surface area contributed by atoms with E-state index >= 15 is 0 Å². The number of nitrogens with zero attached hydrogens (tertiary/aromatic N) is 3. The van der Waals surface area contributed by atoms with Gasteiger partial charge in [-0.2, -0.15) is 24.3 Å². The van der Waals surface area contributed by atoms with Gasteiger partial charge in [0.05, 0.1) is 0 Å². The van der Waals surface area contributed by atoms with Gasteiger partial charge in [0.1, 0.15) is 5.82 Å². The minimum Gasteiger partial charge on any atom is -0.460 e. The number of aromatic nitrogens is 3. The van der Waals surface area contributed by atoms with E-state index in [1.54, 1.807) is 6.20 Å². The third-order valence-electron chi connectivity index (χ3n) is 6.15. The Balaban J connectivity index is 0.00000267. The molecule has 3 heterocycles. The Kier molecular flexibility index (Phi) is 6.71. The smallest absolute Gasteiger partial charge is 0.460 e. The molecular weight excluding hydrogens is 625 g/mol. The van der Waals surface area contributed by atoms with Crippen molar-refractivity contribution in [1.82, 2.24) is 14.5 Å². The first-order chi connectivity index (χ1) is 17.2. The van der Waals surface area contributed by atoms with Crippen LogP contribution in [0.25, 0.3) is 38.8 Å². The van der Waals surface area contributed by atoms with Crippen LogP contribution in [0, 0.1) is 12.1 Å². The van der Waals surface area contributed by atoms with E-state index < -0.39 is 0 Å². The molecule has 0 N–H and O–H groups in total. The molecule has 0 radical (unpaired) electrons. The van der Waals surface area contributed by atoms with E-state index in [4.69, 9.17) is 4.74 Å². The molecule has 178 valence electrons. The van der Waals surface area contributed by atoms with Crippen molar-refractivity contribution in [2.75, 3.05) is 0 Å². The van der Waals surface area contributed by atoms with Gasteiger partial charge in [-0.1, -0.05) is 49.6 Å². The first kappa shape index (κ1) is 24.0. The average Bonchev–Trinajstić information content (AvgIpc) is 3.23. The molecule has 0 saturated carbocycles. The van der Waals surface area contributed by atoms with Crippen molar-refractivity contribution in [3.8, 4) is 28.6 Å². The Morgan fingerprint density at radius 1 is 0.722 bits per heavy atom. The molecule has 0 fully saturated rings. The molecule has 4 nitrogen and oxygen atoms in total. The molecular formula is C31H23N3OPt. The SMILES string of the molecule is CC(C)c1cccnc1Oc1[c-]c(-c2[c-]c3c(cc2)c2ccccc2n3-c2ccccn2)ccc1.[Pt+2]. The van der Waals surface area contributed by atoms with Crippen molar-refractivity contribution >= 4 is 21.8 Å². The van der Waals surface area contributed by atoms with Crippen LogP contribution in [0.5, 0.6) is 11.6 Å². The van der Waals surface area contributed by atoms with Gasteiger partial charge in [-0.3, -0.25) is 0 Å². The van der Waals surface area contributed by atoms with E-state index in [9.17, 15) is 0 Å². The van der Waals surface area contributed by atoms with Crippen LogP contribution in [0.3, 0.4) is 0 Å². The molecule has 0 spiro atoms. The summed E-state index contributed by atoms with van der Waals surface area (Å²) in [6, 6.07) is 35.5. The maximum absolute atomic E-state index is 6.17. The van der Waals surface area contributed by atoms with Crippen LogP contribution in [-0.4, -0.2) is 14.5 Å². The molecule has 6 rings (SSSR count). The second kappa shape index (κ2) is 10.1. The first-order valence-corrected chi connectivity index (χ1v) is 11.7. The minimum atomic E-state index is 0. The number of hydrogen-bond acceptors (Lipinski definition) is 3. The molecule has 0 unspecified atom stereocenters. The zero-order valence-corrected chi connectivity index (χ0v) is 22.2. The number of benzene rings is 3. The molecule has 0 saturated heterocycles. The fourth-order valence-corrected chi connectivity index (χ4v) is 4.47. The van der Waals surface area contributed by atoms with Gasteiger partial charge in [0.2, 0.25) is 5.88 Å². The maximum atomic E-state index is 6.17. The predicted molar refractivity (Wildman–Crippen MR) is 140 cm³/mol.